The summed E-state index contributed by atoms with van der Waals surface area (Å²) in [6.45, 7) is 5.72. The molecule has 0 spiro atoms. The molecule has 6 nitrogen and oxygen atoms in total. The van der Waals surface area contributed by atoms with Gasteiger partial charge in [-0.1, -0.05) is 0 Å². The normalized spacial score (nSPS) is 23.7. The topological polar surface area (TPSA) is 82.8 Å². The third-order valence-electron chi connectivity index (χ3n) is 4.12. The summed E-state index contributed by atoms with van der Waals surface area (Å²) in [4.78, 5) is 25.4. The molecule has 21 heavy (non-hydrogen) atoms. The molecule has 2 rings (SSSR count). The highest BCUT2D eigenvalue weighted by atomic mass is 16.4. The molecule has 2 N–H and O–H groups in total. The number of hydrogen-bond donors (Lipinski definition) is 2. The molecule has 1 aliphatic rings. The van der Waals surface area contributed by atoms with Gasteiger partial charge in [0.2, 0.25) is 0 Å². The van der Waals surface area contributed by atoms with Crippen LogP contribution in [0.3, 0.4) is 0 Å². The Morgan fingerprint density at radius 3 is 2.71 bits per heavy atom. The predicted octanol–water partition coefficient (Wildman–Crippen LogP) is 2.69. The molecule has 1 fully saturated rings. The van der Waals surface area contributed by atoms with Gasteiger partial charge in [0.1, 0.15) is 17.1 Å². The van der Waals surface area contributed by atoms with Crippen LogP contribution in [0, 0.1) is 6.92 Å². The SMILES string of the molecule is Cc1ccc(C(C)NC(=O)N2CCCCC2(C)C(=O)O)o1. The highest BCUT2D eigenvalue weighted by Gasteiger charge is 2.44. The second kappa shape index (κ2) is 5.79. The number of carboxylic acid groups (broad SMARTS) is 1. The average Bonchev–Trinajstić information content (AvgIpc) is 2.85. The van der Waals surface area contributed by atoms with Crippen LogP contribution in [0.2, 0.25) is 0 Å². The number of likely N-dealkylation sites (tertiary alicyclic amines) is 1. The second-order valence-electron chi connectivity index (χ2n) is 5.81. The molecule has 0 aliphatic carbocycles. The van der Waals surface area contributed by atoms with E-state index in [0.29, 0.717) is 18.7 Å². The van der Waals surface area contributed by atoms with Crippen molar-refractivity contribution in [2.45, 2.75) is 51.6 Å². The molecule has 116 valence electrons. The van der Waals surface area contributed by atoms with E-state index >= 15 is 0 Å². The summed E-state index contributed by atoms with van der Waals surface area (Å²) in [5.41, 5.74) is -1.14. The van der Waals surface area contributed by atoms with Crippen LogP contribution in [-0.2, 0) is 4.79 Å². The van der Waals surface area contributed by atoms with E-state index in [1.807, 2.05) is 26.0 Å². The fourth-order valence-electron chi connectivity index (χ4n) is 2.69. The Hall–Kier alpha value is -1.98. The summed E-state index contributed by atoms with van der Waals surface area (Å²) in [6.07, 6.45) is 2.12. The number of carbonyl (C=O) groups excluding carboxylic acids is 1. The first kappa shape index (κ1) is 15.4. The van der Waals surface area contributed by atoms with Crippen LogP contribution >= 0.6 is 0 Å². The number of nitrogens with zero attached hydrogens (tertiary/aromatic N) is 1. The smallest absolute Gasteiger partial charge is 0.329 e. The summed E-state index contributed by atoms with van der Waals surface area (Å²) in [7, 11) is 0. The van der Waals surface area contributed by atoms with Crippen molar-refractivity contribution in [3.63, 3.8) is 0 Å². The monoisotopic (exact) mass is 294 g/mol. The number of aryl methyl sites for hydroxylation is 1. The molecule has 1 aromatic heterocycles. The third kappa shape index (κ3) is 3.04. The maximum Gasteiger partial charge on any atom is 0.329 e. The van der Waals surface area contributed by atoms with E-state index in [2.05, 4.69) is 5.32 Å². The van der Waals surface area contributed by atoms with E-state index in [0.717, 1.165) is 18.6 Å². The number of furan rings is 1. The molecule has 0 aromatic carbocycles. The van der Waals surface area contributed by atoms with Gasteiger partial charge in [0.15, 0.2) is 0 Å². The number of amides is 2. The van der Waals surface area contributed by atoms with Crippen molar-refractivity contribution in [3.05, 3.63) is 23.7 Å². The van der Waals surface area contributed by atoms with Crippen molar-refractivity contribution in [1.82, 2.24) is 10.2 Å². The fourth-order valence-corrected chi connectivity index (χ4v) is 2.69. The van der Waals surface area contributed by atoms with Crippen molar-refractivity contribution in [2.75, 3.05) is 6.54 Å². The van der Waals surface area contributed by atoms with Gasteiger partial charge in [-0.05, 0) is 52.2 Å². The lowest BCUT2D eigenvalue weighted by atomic mass is 9.89. The van der Waals surface area contributed by atoms with Crippen molar-refractivity contribution in [2.24, 2.45) is 0 Å². The van der Waals surface area contributed by atoms with E-state index in [1.54, 1.807) is 6.92 Å². The predicted molar refractivity (Wildman–Crippen MR) is 77.0 cm³/mol. The molecule has 2 atom stereocenters. The molecule has 0 saturated carbocycles. The van der Waals surface area contributed by atoms with Gasteiger partial charge in [0.05, 0.1) is 6.04 Å². The van der Waals surface area contributed by atoms with E-state index < -0.39 is 11.5 Å². The van der Waals surface area contributed by atoms with Gasteiger partial charge in [-0.2, -0.15) is 0 Å². The van der Waals surface area contributed by atoms with Crippen LogP contribution < -0.4 is 5.32 Å². The molecule has 0 bridgehead atoms. The average molecular weight is 294 g/mol. The van der Waals surface area contributed by atoms with Gasteiger partial charge in [0, 0.05) is 6.54 Å². The van der Waals surface area contributed by atoms with Crippen LogP contribution in [0.5, 0.6) is 0 Å². The van der Waals surface area contributed by atoms with Crippen LogP contribution in [0.1, 0.15) is 50.7 Å². The first-order valence-corrected chi connectivity index (χ1v) is 7.22. The number of piperidine rings is 1. The maximum absolute atomic E-state index is 12.4. The largest absolute Gasteiger partial charge is 0.480 e. The minimum atomic E-state index is -1.14. The molecule has 2 unspecified atom stereocenters. The fraction of sp³-hybridized carbons (Fsp3) is 0.600. The number of aliphatic carboxylic acids is 1. The quantitative estimate of drug-likeness (QED) is 0.898. The number of urea groups is 1. The van der Waals surface area contributed by atoms with Gasteiger partial charge >= 0.3 is 12.0 Å². The number of carbonyl (C=O) groups is 2. The van der Waals surface area contributed by atoms with E-state index in [-0.39, 0.29) is 12.1 Å². The van der Waals surface area contributed by atoms with Gasteiger partial charge in [-0.25, -0.2) is 9.59 Å². The summed E-state index contributed by atoms with van der Waals surface area (Å²) >= 11 is 0. The zero-order valence-electron chi connectivity index (χ0n) is 12.7. The molecule has 2 heterocycles. The molecule has 0 radical (unpaired) electrons. The summed E-state index contributed by atoms with van der Waals surface area (Å²) in [5, 5.41) is 12.3. The van der Waals surface area contributed by atoms with Crippen LogP contribution in [0.25, 0.3) is 0 Å². The van der Waals surface area contributed by atoms with E-state index in [1.165, 1.54) is 4.90 Å². The highest BCUT2D eigenvalue weighted by Crippen LogP contribution is 2.29. The summed E-state index contributed by atoms with van der Waals surface area (Å²) in [6, 6.07) is 2.99. The Morgan fingerprint density at radius 1 is 1.43 bits per heavy atom. The number of carboxylic acids is 1. The third-order valence-corrected chi connectivity index (χ3v) is 4.12. The molecular weight excluding hydrogens is 272 g/mol. The van der Waals surface area contributed by atoms with Crippen molar-refractivity contribution < 1.29 is 19.1 Å². The number of hydrogen-bond acceptors (Lipinski definition) is 3. The Kier molecular flexibility index (Phi) is 4.25. The minimum absolute atomic E-state index is 0.300. The zero-order chi connectivity index (χ0) is 15.6. The lowest BCUT2D eigenvalue weighted by Gasteiger charge is -2.41. The van der Waals surface area contributed by atoms with Gasteiger partial charge in [0.25, 0.3) is 0 Å². The molecule has 1 aromatic rings. The van der Waals surface area contributed by atoms with Gasteiger partial charge in [-0.3, -0.25) is 0 Å². The maximum atomic E-state index is 12.4. The second-order valence-corrected chi connectivity index (χ2v) is 5.81. The molecular formula is C15H22N2O4. The Balaban J connectivity index is 2.09. The standard InChI is InChI=1S/C15H22N2O4/c1-10-6-7-12(21-10)11(2)16-14(20)17-9-5-4-8-15(17,3)13(18)19/h6-7,11H,4-5,8-9H2,1-3H3,(H,16,20)(H,18,19). The summed E-state index contributed by atoms with van der Waals surface area (Å²) < 4.78 is 5.48. The van der Waals surface area contributed by atoms with Crippen LogP contribution in [0.4, 0.5) is 4.79 Å². The van der Waals surface area contributed by atoms with Crippen molar-refractivity contribution in [3.8, 4) is 0 Å². The first-order valence-electron chi connectivity index (χ1n) is 7.22. The number of nitrogens with one attached hydrogen (secondary N) is 1. The van der Waals surface area contributed by atoms with Crippen molar-refractivity contribution in [1.29, 1.82) is 0 Å². The van der Waals surface area contributed by atoms with E-state index in [4.69, 9.17) is 4.42 Å². The minimum Gasteiger partial charge on any atom is -0.480 e. The lowest BCUT2D eigenvalue weighted by molar-refractivity contribution is -0.150. The molecule has 6 heteroatoms. The molecule has 2 amide bonds. The highest BCUT2D eigenvalue weighted by molar-refractivity contribution is 5.86. The van der Waals surface area contributed by atoms with Gasteiger partial charge < -0.3 is 19.7 Å². The van der Waals surface area contributed by atoms with Crippen molar-refractivity contribution >= 4 is 12.0 Å². The Morgan fingerprint density at radius 2 is 2.14 bits per heavy atom. The molecule has 1 saturated heterocycles. The molecule has 1 aliphatic heterocycles. The van der Waals surface area contributed by atoms with Crippen LogP contribution in [0.15, 0.2) is 16.5 Å². The number of rotatable bonds is 3. The first-order chi connectivity index (χ1) is 9.84. The van der Waals surface area contributed by atoms with Crippen LogP contribution in [-0.4, -0.2) is 34.1 Å². The summed E-state index contributed by atoms with van der Waals surface area (Å²) in [5.74, 6) is 0.480. The zero-order valence-corrected chi connectivity index (χ0v) is 12.7. The lowest BCUT2D eigenvalue weighted by Crippen LogP contribution is -2.60. The van der Waals surface area contributed by atoms with E-state index in [9.17, 15) is 14.7 Å². The Labute approximate surface area is 124 Å². The van der Waals surface area contributed by atoms with Gasteiger partial charge in [-0.15, -0.1) is 0 Å². The Bertz CT molecular complexity index is 540.